The first-order valence-corrected chi connectivity index (χ1v) is 11.3. The van der Waals surface area contributed by atoms with Crippen LogP contribution in [-0.2, 0) is 16.3 Å². The highest BCUT2D eigenvalue weighted by atomic mass is 35.5. The summed E-state index contributed by atoms with van der Waals surface area (Å²) in [5, 5.41) is 4.24. The molecule has 0 amide bonds. The summed E-state index contributed by atoms with van der Waals surface area (Å²) in [5.74, 6) is 0. The summed E-state index contributed by atoms with van der Waals surface area (Å²) in [7, 11) is -4.55. The zero-order valence-electron chi connectivity index (χ0n) is 14.5. The summed E-state index contributed by atoms with van der Waals surface area (Å²) in [5.41, 5.74) is -0.995. The normalized spacial score (nSPS) is 11.5. The van der Waals surface area contributed by atoms with Gasteiger partial charge in [0, 0.05) is 10.0 Å². The summed E-state index contributed by atoms with van der Waals surface area (Å²) in [4.78, 5) is -0.675. The molecule has 3 aromatic carbocycles. The van der Waals surface area contributed by atoms with Crippen molar-refractivity contribution in [1.82, 2.24) is 0 Å². The molecule has 0 fully saturated rings. The van der Waals surface area contributed by atoms with Crippen LogP contribution < -0.4 is 10.6 Å². The molecule has 0 bridgehead atoms. The first-order valence-electron chi connectivity index (χ1n) is 7.94. The SMILES string of the molecule is Clc1ccc([PH2+]c2ccc(Cl)cc2)cc1.O=S(=O)([O-])c1ccc(C(F)(F)F)cc1. The molecule has 0 aromatic heterocycles. The van der Waals surface area contributed by atoms with Crippen molar-refractivity contribution in [3.05, 3.63) is 88.4 Å². The van der Waals surface area contributed by atoms with Gasteiger partial charge in [-0.25, -0.2) is 8.42 Å². The molecule has 0 heterocycles. The van der Waals surface area contributed by atoms with Crippen LogP contribution in [0.15, 0.2) is 77.7 Å². The van der Waals surface area contributed by atoms with E-state index >= 15 is 0 Å². The minimum atomic E-state index is -4.68. The maximum atomic E-state index is 12.0. The van der Waals surface area contributed by atoms with E-state index in [1.54, 1.807) is 0 Å². The summed E-state index contributed by atoms with van der Waals surface area (Å²) >= 11 is 11.7. The summed E-state index contributed by atoms with van der Waals surface area (Å²) in [6, 6.07) is 18.4. The average Bonchev–Trinajstić information content (AvgIpc) is 2.65. The van der Waals surface area contributed by atoms with E-state index in [9.17, 15) is 26.1 Å². The Kier molecular flexibility index (Phi) is 8.09. The number of alkyl halides is 3. The van der Waals surface area contributed by atoms with Crippen LogP contribution in [0.1, 0.15) is 5.56 Å². The van der Waals surface area contributed by atoms with Gasteiger partial charge in [-0.1, -0.05) is 23.2 Å². The van der Waals surface area contributed by atoms with Gasteiger partial charge in [-0.2, -0.15) is 13.2 Å². The van der Waals surface area contributed by atoms with Crippen molar-refractivity contribution < 1.29 is 26.1 Å². The molecular formula is C19H14Cl2F3O3PS. The van der Waals surface area contributed by atoms with Crippen LogP contribution in [0.4, 0.5) is 13.2 Å². The second-order valence-electron chi connectivity index (χ2n) is 5.72. The van der Waals surface area contributed by atoms with Crippen molar-refractivity contribution in [2.24, 2.45) is 0 Å². The Morgan fingerprint density at radius 3 is 1.41 bits per heavy atom. The van der Waals surface area contributed by atoms with E-state index in [1.807, 2.05) is 24.3 Å². The second kappa shape index (κ2) is 9.92. The van der Waals surface area contributed by atoms with Crippen LogP contribution >= 0.6 is 31.8 Å². The molecule has 0 aliphatic carbocycles. The van der Waals surface area contributed by atoms with Crippen molar-refractivity contribution in [1.29, 1.82) is 0 Å². The molecule has 0 saturated heterocycles. The van der Waals surface area contributed by atoms with Gasteiger partial charge >= 0.3 is 6.18 Å². The van der Waals surface area contributed by atoms with Crippen LogP contribution in [-0.4, -0.2) is 13.0 Å². The first-order chi connectivity index (χ1) is 13.4. The molecule has 0 atom stereocenters. The lowest BCUT2D eigenvalue weighted by Gasteiger charge is -2.09. The van der Waals surface area contributed by atoms with Crippen LogP contribution in [0, 0.1) is 0 Å². The maximum Gasteiger partial charge on any atom is 0.416 e. The molecule has 0 spiro atoms. The third-order valence-electron chi connectivity index (χ3n) is 3.54. The summed E-state index contributed by atoms with van der Waals surface area (Å²) < 4.78 is 67.0. The Balaban J connectivity index is 0.000000208. The largest absolute Gasteiger partial charge is 0.744 e. The fourth-order valence-electron chi connectivity index (χ4n) is 2.12. The zero-order valence-corrected chi connectivity index (χ0v) is 18.0. The molecule has 10 heteroatoms. The monoisotopic (exact) mass is 480 g/mol. The number of benzene rings is 3. The van der Waals surface area contributed by atoms with E-state index in [2.05, 4.69) is 24.3 Å². The van der Waals surface area contributed by atoms with Gasteiger partial charge in [0.1, 0.15) is 10.1 Å². The number of hydrogen-bond donors (Lipinski definition) is 0. The molecule has 0 aliphatic heterocycles. The van der Waals surface area contributed by atoms with Gasteiger partial charge in [0.05, 0.1) is 29.6 Å². The fraction of sp³-hybridized carbons (Fsp3) is 0.0526. The van der Waals surface area contributed by atoms with E-state index in [0.29, 0.717) is 24.3 Å². The van der Waals surface area contributed by atoms with E-state index < -0.39 is 26.8 Å². The minimum absolute atomic E-state index is 0.134. The molecule has 3 nitrogen and oxygen atoms in total. The van der Waals surface area contributed by atoms with Gasteiger partial charge in [-0.3, -0.25) is 0 Å². The third-order valence-corrected chi connectivity index (χ3v) is 6.33. The summed E-state index contributed by atoms with van der Waals surface area (Å²) in [6.45, 7) is 0. The minimum Gasteiger partial charge on any atom is -0.744 e. The average molecular weight is 481 g/mol. The standard InChI is InChI=1S/C12H9Cl2P.C7H5F3O3S/c13-9-1-5-11(6-2-9)15-12-7-3-10(14)4-8-12;8-7(9,10)5-1-3-6(4-2-5)14(11,12)13/h1-8,15H;1-4H,(H,11,12,13). The molecule has 29 heavy (non-hydrogen) atoms. The van der Waals surface area contributed by atoms with Crippen molar-refractivity contribution in [3.8, 4) is 0 Å². The lowest BCUT2D eigenvalue weighted by molar-refractivity contribution is -0.137. The Morgan fingerprint density at radius 2 is 1.10 bits per heavy atom. The number of hydrogen-bond acceptors (Lipinski definition) is 3. The van der Waals surface area contributed by atoms with Gasteiger partial charge < -0.3 is 4.55 Å². The molecule has 0 saturated carbocycles. The van der Waals surface area contributed by atoms with Gasteiger partial charge in [0.2, 0.25) is 0 Å². The highest BCUT2D eigenvalue weighted by molar-refractivity contribution is 7.85. The smallest absolute Gasteiger partial charge is 0.416 e. The van der Waals surface area contributed by atoms with Gasteiger partial charge in [0.15, 0.2) is 0 Å². The molecule has 154 valence electrons. The highest BCUT2D eigenvalue weighted by Crippen LogP contribution is 2.29. The van der Waals surface area contributed by atoms with Crippen molar-refractivity contribution in [3.63, 3.8) is 0 Å². The molecule has 3 rings (SSSR count). The Bertz CT molecular complexity index is 995. The molecule has 0 unspecified atom stereocenters. The van der Waals surface area contributed by atoms with Gasteiger partial charge in [-0.05, 0) is 72.8 Å². The molecule has 3 aromatic rings. The van der Waals surface area contributed by atoms with Gasteiger partial charge in [-0.15, -0.1) is 0 Å². The predicted molar refractivity (Wildman–Crippen MR) is 111 cm³/mol. The van der Waals surface area contributed by atoms with Crippen molar-refractivity contribution >= 4 is 52.5 Å². The lowest BCUT2D eigenvalue weighted by Crippen LogP contribution is -2.05. The predicted octanol–water partition coefficient (Wildman–Crippen LogP) is 4.96. The number of rotatable bonds is 3. The zero-order chi connectivity index (χ0) is 21.7. The van der Waals surface area contributed by atoms with E-state index in [4.69, 9.17) is 23.2 Å². The second-order valence-corrected chi connectivity index (χ2v) is 9.60. The highest BCUT2D eigenvalue weighted by Gasteiger charge is 2.30. The Morgan fingerprint density at radius 1 is 0.724 bits per heavy atom. The molecule has 0 aliphatic rings. The van der Waals surface area contributed by atoms with Crippen molar-refractivity contribution in [2.75, 3.05) is 0 Å². The Hall–Kier alpha value is -1.63. The number of halogens is 5. The van der Waals surface area contributed by atoms with Crippen LogP contribution in [0.5, 0.6) is 0 Å². The van der Waals surface area contributed by atoms with Crippen molar-refractivity contribution in [2.45, 2.75) is 11.1 Å². The topological polar surface area (TPSA) is 57.2 Å². The summed E-state index contributed by atoms with van der Waals surface area (Å²) in [6.07, 6.45) is -4.54. The molecule has 0 radical (unpaired) electrons. The van der Waals surface area contributed by atoms with E-state index in [0.717, 1.165) is 10.0 Å². The molecule has 0 N–H and O–H groups in total. The molecular weight excluding hydrogens is 467 g/mol. The lowest BCUT2D eigenvalue weighted by atomic mass is 10.2. The van der Waals surface area contributed by atoms with Crippen LogP contribution in [0.3, 0.4) is 0 Å². The van der Waals surface area contributed by atoms with Crippen LogP contribution in [0.2, 0.25) is 10.0 Å². The van der Waals surface area contributed by atoms with E-state index in [1.165, 1.54) is 10.6 Å². The first kappa shape index (κ1) is 23.6. The van der Waals surface area contributed by atoms with Gasteiger partial charge in [0.25, 0.3) is 0 Å². The van der Waals surface area contributed by atoms with Crippen LogP contribution in [0.25, 0.3) is 0 Å². The Labute approximate surface area is 178 Å². The third kappa shape index (κ3) is 7.96. The fourth-order valence-corrected chi connectivity index (χ4v) is 4.00. The van der Waals surface area contributed by atoms with E-state index in [-0.39, 0.29) is 8.58 Å². The maximum absolute atomic E-state index is 12.0. The quantitative estimate of drug-likeness (QED) is 0.393.